The van der Waals surface area contributed by atoms with Gasteiger partial charge in [0.15, 0.2) is 10.9 Å². The predicted molar refractivity (Wildman–Crippen MR) is 175 cm³/mol. The molecule has 5 fully saturated rings. The number of hydrogen-bond acceptors (Lipinski definition) is 10. The number of nitrogens with zero attached hydrogens (tertiary/aromatic N) is 6. The minimum absolute atomic E-state index is 0.0346. The smallest absolute Gasteiger partial charge is 0.251 e. The lowest BCUT2D eigenvalue weighted by molar-refractivity contribution is -0.139. The van der Waals surface area contributed by atoms with E-state index in [9.17, 15) is 14.4 Å². The monoisotopic (exact) mass is 635 g/mol. The number of Topliss-reactive ketones (excluding diaryl/α,β-unsaturated/α-hetero) is 1. The standard InChI is InChI=1S/C33H45N7O4S/c1-22-19-40(29-26(41)20-44-30(22)29)32(43)28(23-5-3-4-6-23)35-31(42)24-7-9-25(10-8-24)37-15-17-38(18-16-37)27-21-45-33(34-27)39-13-11-36(2)12-14-39/h7-10,21-23,28-30H,3-6,11-20H2,1-2H3,(H,35,42)/t22-,28+,29-,30-/m1/s1. The second kappa shape index (κ2) is 12.9. The van der Waals surface area contributed by atoms with E-state index in [0.717, 1.165) is 94.7 Å². The summed E-state index contributed by atoms with van der Waals surface area (Å²) in [6.07, 6.45) is 3.67. The van der Waals surface area contributed by atoms with Crippen LogP contribution in [0.5, 0.6) is 0 Å². The van der Waals surface area contributed by atoms with Gasteiger partial charge in [-0.3, -0.25) is 14.4 Å². The van der Waals surface area contributed by atoms with Crippen molar-refractivity contribution in [2.24, 2.45) is 11.8 Å². The molecule has 1 N–H and O–H groups in total. The van der Waals surface area contributed by atoms with Gasteiger partial charge < -0.3 is 34.6 Å². The van der Waals surface area contributed by atoms with Crippen LogP contribution in [0.1, 0.15) is 43.0 Å². The van der Waals surface area contributed by atoms with Crippen LogP contribution >= 0.6 is 11.3 Å². The van der Waals surface area contributed by atoms with Gasteiger partial charge >= 0.3 is 0 Å². The van der Waals surface area contributed by atoms with Crippen LogP contribution in [-0.4, -0.2) is 123 Å². The van der Waals surface area contributed by atoms with E-state index in [1.165, 1.54) is 0 Å². The van der Waals surface area contributed by atoms with Crippen LogP contribution < -0.4 is 20.0 Å². The molecule has 12 heteroatoms. The van der Waals surface area contributed by atoms with Crippen molar-refractivity contribution in [3.8, 4) is 0 Å². The van der Waals surface area contributed by atoms with Gasteiger partial charge in [-0.05, 0) is 50.1 Å². The van der Waals surface area contributed by atoms with E-state index >= 15 is 0 Å². The fraction of sp³-hybridized carbons (Fsp3) is 0.636. The number of hydrogen-bond donors (Lipinski definition) is 1. The van der Waals surface area contributed by atoms with Gasteiger partial charge in [0, 0.05) is 81.5 Å². The minimum Gasteiger partial charge on any atom is -0.368 e. The highest BCUT2D eigenvalue weighted by atomic mass is 32.1. The number of likely N-dealkylation sites (tertiary alicyclic amines) is 1. The number of fused-ring (bicyclic) bond motifs is 1. The number of carbonyl (C=O) groups excluding carboxylic acids is 3. The molecule has 0 spiro atoms. The first-order chi connectivity index (χ1) is 21.9. The fourth-order valence-electron chi connectivity index (χ4n) is 7.76. The predicted octanol–water partition coefficient (Wildman–Crippen LogP) is 2.32. The Bertz CT molecular complexity index is 1380. The maximum Gasteiger partial charge on any atom is 0.251 e. The van der Waals surface area contributed by atoms with E-state index in [4.69, 9.17) is 9.72 Å². The Morgan fingerprint density at radius 2 is 1.62 bits per heavy atom. The lowest BCUT2D eigenvalue weighted by Crippen LogP contribution is -2.54. The molecule has 4 aliphatic heterocycles. The molecule has 0 radical (unpaired) electrons. The number of benzene rings is 1. The summed E-state index contributed by atoms with van der Waals surface area (Å²) >= 11 is 1.74. The van der Waals surface area contributed by atoms with Crippen molar-refractivity contribution in [3.05, 3.63) is 35.2 Å². The highest BCUT2D eigenvalue weighted by Gasteiger charge is 2.52. The van der Waals surface area contributed by atoms with Gasteiger partial charge in [0.25, 0.3) is 5.91 Å². The van der Waals surface area contributed by atoms with Crippen LogP contribution in [0.4, 0.5) is 16.6 Å². The van der Waals surface area contributed by atoms with E-state index in [-0.39, 0.29) is 42.1 Å². The first-order valence-electron chi connectivity index (χ1n) is 16.6. The zero-order chi connectivity index (χ0) is 31.1. The van der Waals surface area contributed by atoms with Crippen LogP contribution in [-0.2, 0) is 14.3 Å². The van der Waals surface area contributed by atoms with Crippen LogP contribution in [0.25, 0.3) is 0 Å². The maximum absolute atomic E-state index is 13.9. The first kappa shape index (κ1) is 30.4. The number of nitrogens with one attached hydrogen (secondary N) is 1. The summed E-state index contributed by atoms with van der Waals surface area (Å²) in [7, 11) is 2.17. The van der Waals surface area contributed by atoms with Gasteiger partial charge in [-0.15, -0.1) is 11.3 Å². The number of anilines is 3. The Labute approximate surface area is 269 Å². The fourth-order valence-corrected chi connectivity index (χ4v) is 8.65. The molecule has 5 aliphatic rings. The van der Waals surface area contributed by atoms with E-state index in [0.29, 0.717) is 12.1 Å². The number of amides is 2. The molecule has 11 nitrogen and oxygen atoms in total. The van der Waals surface area contributed by atoms with E-state index in [1.807, 2.05) is 31.2 Å². The van der Waals surface area contributed by atoms with Crippen LogP contribution in [0, 0.1) is 11.8 Å². The van der Waals surface area contributed by atoms with Gasteiger partial charge in [0.2, 0.25) is 5.91 Å². The van der Waals surface area contributed by atoms with Gasteiger partial charge in [0.1, 0.15) is 24.5 Å². The van der Waals surface area contributed by atoms with Gasteiger partial charge in [0.05, 0.1) is 6.10 Å². The number of aromatic nitrogens is 1. The van der Waals surface area contributed by atoms with Crippen LogP contribution in [0.15, 0.2) is 29.6 Å². The minimum atomic E-state index is -0.630. The van der Waals surface area contributed by atoms with Crippen molar-refractivity contribution in [2.75, 3.05) is 87.3 Å². The van der Waals surface area contributed by atoms with Crippen LogP contribution in [0.2, 0.25) is 0 Å². The average Bonchev–Trinajstić information content (AvgIpc) is 3.88. The summed E-state index contributed by atoms with van der Waals surface area (Å²) in [6, 6.07) is 6.58. The number of ether oxygens (including phenoxy) is 1. The second-order valence-electron chi connectivity index (χ2n) is 13.4. The second-order valence-corrected chi connectivity index (χ2v) is 14.3. The summed E-state index contributed by atoms with van der Waals surface area (Å²) in [5, 5.41) is 6.40. The normalized spacial score (nSPS) is 26.9. The van der Waals surface area contributed by atoms with Crippen molar-refractivity contribution in [1.82, 2.24) is 20.1 Å². The molecule has 4 saturated heterocycles. The third-order valence-corrected chi connectivity index (χ3v) is 11.4. The first-order valence-corrected chi connectivity index (χ1v) is 17.5. The molecule has 2 amide bonds. The van der Waals surface area contributed by atoms with Crippen molar-refractivity contribution in [1.29, 1.82) is 0 Å². The molecule has 0 bridgehead atoms. The lowest BCUT2D eigenvalue weighted by atomic mass is 9.95. The topological polar surface area (TPSA) is 102 Å². The summed E-state index contributed by atoms with van der Waals surface area (Å²) in [5.74, 6) is 0.830. The third kappa shape index (κ3) is 6.16. The molecule has 1 aromatic carbocycles. The molecular formula is C33H45N7O4S. The zero-order valence-electron chi connectivity index (χ0n) is 26.4. The molecule has 4 atom stereocenters. The highest BCUT2D eigenvalue weighted by molar-refractivity contribution is 7.14. The molecule has 1 aliphatic carbocycles. The quantitative estimate of drug-likeness (QED) is 0.492. The molecular weight excluding hydrogens is 590 g/mol. The largest absolute Gasteiger partial charge is 0.368 e. The van der Waals surface area contributed by atoms with Crippen molar-refractivity contribution in [3.63, 3.8) is 0 Å². The number of likely N-dealkylation sites (N-methyl/N-ethyl adjacent to an activating group) is 1. The summed E-state index contributed by atoms with van der Waals surface area (Å²) in [5.41, 5.74) is 1.63. The van der Waals surface area contributed by atoms with Gasteiger partial charge in [-0.25, -0.2) is 4.98 Å². The summed E-state index contributed by atoms with van der Waals surface area (Å²) in [4.78, 5) is 56.1. The van der Waals surface area contributed by atoms with Crippen molar-refractivity contribution >= 4 is 45.6 Å². The Morgan fingerprint density at radius 3 is 2.33 bits per heavy atom. The Balaban J connectivity index is 0.960. The average molecular weight is 636 g/mol. The maximum atomic E-state index is 13.9. The Kier molecular flexibility index (Phi) is 8.71. The molecule has 45 heavy (non-hydrogen) atoms. The number of rotatable bonds is 7. The van der Waals surface area contributed by atoms with E-state index in [1.54, 1.807) is 16.2 Å². The number of piperazine rings is 2. The number of thiazole rings is 1. The Hall–Kier alpha value is -3.22. The number of ketones is 1. The van der Waals surface area contributed by atoms with E-state index in [2.05, 4.69) is 37.3 Å². The van der Waals surface area contributed by atoms with Gasteiger partial charge in [-0.1, -0.05) is 19.8 Å². The molecule has 1 aromatic heterocycles. The SMILES string of the molecule is C[C@@H]1CN(C(=O)[C@@H](NC(=O)c2ccc(N3CCN(c4csc(N5CCN(C)CC5)n4)CC3)cc2)C2CCCC2)[C@@H]2C(=O)CO[C@H]12. The number of carbonyl (C=O) groups is 3. The summed E-state index contributed by atoms with van der Waals surface area (Å²) in [6.45, 7) is 10.3. The third-order valence-electron chi connectivity index (χ3n) is 10.5. The summed E-state index contributed by atoms with van der Waals surface area (Å²) < 4.78 is 5.71. The molecule has 0 unspecified atom stereocenters. The molecule has 2 aromatic rings. The van der Waals surface area contributed by atoms with Gasteiger partial charge in [-0.2, -0.15) is 0 Å². The molecule has 242 valence electrons. The van der Waals surface area contributed by atoms with E-state index < -0.39 is 12.1 Å². The van der Waals surface area contributed by atoms with Crippen molar-refractivity contribution < 1.29 is 19.1 Å². The highest BCUT2D eigenvalue weighted by Crippen LogP contribution is 2.35. The Morgan fingerprint density at radius 1 is 0.956 bits per heavy atom. The zero-order valence-corrected chi connectivity index (χ0v) is 27.2. The molecule has 7 rings (SSSR count). The van der Waals surface area contributed by atoms with Crippen molar-refractivity contribution in [2.45, 2.75) is 50.8 Å². The molecule has 5 heterocycles. The lowest BCUT2D eigenvalue weighted by Gasteiger charge is -2.36. The van der Waals surface area contributed by atoms with Crippen LogP contribution in [0.3, 0.4) is 0 Å². The molecule has 1 saturated carbocycles.